The number of rotatable bonds is 9. The largest absolute Gasteiger partial charge is 0.356 e. The fraction of sp³-hybridized carbons (Fsp3) is 0.933. The molecule has 1 amide bonds. The Balaban J connectivity index is 1.53. The van der Waals surface area contributed by atoms with Crippen LogP contribution >= 0.6 is 0 Å². The summed E-state index contributed by atoms with van der Waals surface area (Å²) >= 11 is 0. The van der Waals surface area contributed by atoms with Crippen molar-refractivity contribution in [2.45, 2.75) is 58.4 Å². The molecular formula is C15H28N2O. The Labute approximate surface area is 111 Å². The van der Waals surface area contributed by atoms with Crippen LogP contribution in [0, 0.1) is 17.8 Å². The van der Waals surface area contributed by atoms with Gasteiger partial charge >= 0.3 is 0 Å². The van der Waals surface area contributed by atoms with E-state index in [-0.39, 0.29) is 5.91 Å². The van der Waals surface area contributed by atoms with Crippen molar-refractivity contribution in [1.82, 2.24) is 10.6 Å². The zero-order valence-corrected chi connectivity index (χ0v) is 11.9. The maximum atomic E-state index is 11.7. The van der Waals surface area contributed by atoms with Gasteiger partial charge in [-0.2, -0.15) is 0 Å². The number of hydrogen-bond acceptors (Lipinski definition) is 2. The van der Waals surface area contributed by atoms with E-state index in [1.54, 1.807) is 0 Å². The molecule has 0 aromatic carbocycles. The Morgan fingerprint density at radius 3 is 2.28 bits per heavy atom. The number of amides is 1. The zero-order chi connectivity index (χ0) is 13.0. The highest BCUT2D eigenvalue weighted by atomic mass is 16.1. The Hall–Kier alpha value is -0.570. The van der Waals surface area contributed by atoms with Crippen LogP contribution in [0.4, 0.5) is 0 Å². The topological polar surface area (TPSA) is 41.1 Å². The van der Waals surface area contributed by atoms with E-state index < -0.39 is 0 Å². The monoisotopic (exact) mass is 252 g/mol. The van der Waals surface area contributed by atoms with Crippen molar-refractivity contribution in [3.05, 3.63) is 0 Å². The lowest BCUT2D eigenvalue weighted by atomic mass is 9.98. The van der Waals surface area contributed by atoms with Crippen LogP contribution < -0.4 is 10.6 Å². The minimum atomic E-state index is 0.242. The lowest BCUT2D eigenvalue weighted by Gasteiger charge is -2.16. The first-order valence-electron chi connectivity index (χ1n) is 7.67. The molecule has 0 aromatic rings. The Kier molecular flexibility index (Phi) is 5.04. The maximum absolute atomic E-state index is 11.7. The third-order valence-electron chi connectivity index (χ3n) is 4.12. The molecule has 0 aliphatic heterocycles. The minimum absolute atomic E-state index is 0.242. The molecule has 2 fully saturated rings. The summed E-state index contributed by atoms with van der Waals surface area (Å²) in [7, 11) is 0. The lowest BCUT2D eigenvalue weighted by molar-refractivity contribution is -0.121. The lowest BCUT2D eigenvalue weighted by Crippen LogP contribution is -2.32. The number of nitrogens with one attached hydrogen (secondary N) is 2. The van der Waals surface area contributed by atoms with E-state index in [1.807, 2.05) is 0 Å². The van der Waals surface area contributed by atoms with Gasteiger partial charge in [0.25, 0.3) is 0 Å². The smallest absolute Gasteiger partial charge is 0.220 e. The van der Waals surface area contributed by atoms with E-state index in [0.29, 0.717) is 12.5 Å². The van der Waals surface area contributed by atoms with Crippen LogP contribution in [0.5, 0.6) is 0 Å². The predicted octanol–water partition coefficient (Wildman–Crippen LogP) is 2.32. The second kappa shape index (κ2) is 6.55. The average molecular weight is 252 g/mol. The highest BCUT2D eigenvalue weighted by Gasteiger charge is 2.41. The molecular weight excluding hydrogens is 224 g/mol. The third-order valence-corrected chi connectivity index (χ3v) is 4.12. The SMILES string of the molecule is CC(C)NCCCC(=O)NCC(C1CC1)C1CC1. The molecule has 0 aromatic heterocycles. The molecule has 2 aliphatic rings. The van der Waals surface area contributed by atoms with E-state index in [9.17, 15) is 4.79 Å². The first-order valence-corrected chi connectivity index (χ1v) is 7.67. The molecule has 0 bridgehead atoms. The van der Waals surface area contributed by atoms with Crippen LogP contribution in [0.2, 0.25) is 0 Å². The normalized spacial score (nSPS) is 19.6. The molecule has 0 unspecified atom stereocenters. The average Bonchev–Trinajstić information content (AvgIpc) is 3.15. The summed E-state index contributed by atoms with van der Waals surface area (Å²) in [6.45, 7) is 6.15. The quantitative estimate of drug-likeness (QED) is 0.618. The molecule has 2 saturated carbocycles. The van der Waals surface area contributed by atoms with Crippen LogP contribution in [-0.2, 0) is 4.79 Å². The van der Waals surface area contributed by atoms with Crippen LogP contribution in [0.15, 0.2) is 0 Å². The second-order valence-corrected chi connectivity index (χ2v) is 6.36. The standard InChI is InChI=1S/C15H28N2O/c1-11(2)16-9-3-4-15(18)17-10-14(12-5-6-12)13-7-8-13/h11-14,16H,3-10H2,1-2H3,(H,17,18). The predicted molar refractivity (Wildman–Crippen MR) is 74.3 cm³/mol. The van der Waals surface area contributed by atoms with Crippen molar-refractivity contribution in [2.24, 2.45) is 17.8 Å². The summed E-state index contributed by atoms with van der Waals surface area (Å²) in [5.41, 5.74) is 0. The molecule has 3 nitrogen and oxygen atoms in total. The van der Waals surface area contributed by atoms with Gasteiger partial charge in [-0.3, -0.25) is 4.79 Å². The summed E-state index contributed by atoms with van der Waals surface area (Å²) in [6.07, 6.45) is 7.21. The Morgan fingerprint density at radius 1 is 1.17 bits per heavy atom. The Morgan fingerprint density at radius 2 is 1.78 bits per heavy atom. The van der Waals surface area contributed by atoms with E-state index in [2.05, 4.69) is 24.5 Å². The maximum Gasteiger partial charge on any atom is 0.220 e. The van der Waals surface area contributed by atoms with Gasteiger partial charge in [-0.05, 0) is 56.4 Å². The molecule has 3 heteroatoms. The number of carbonyl (C=O) groups excluding carboxylic acids is 1. The molecule has 2 N–H and O–H groups in total. The molecule has 104 valence electrons. The van der Waals surface area contributed by atoms with Gasteiger partial charge in [0.2, 0.25) is 5.91 Å². The van der Waals surface area contributed by atoms with Crippen LogP contribution in [-0.4, -0.2) is 25.0 Å². The summed E-state index contributed by atoms with van der Waals surface area (Å²) in [6, 6.07) is 0.516. The van der Waals surface area contributed by atoms with Gasteiger partial charge in [0.1, 0.15) is 0 Å². The van der Waals surface area contributed by atoms with Crippen molar-refractivity contribution >= 4 is 5.91 Å². The van der Waals surface area contributed by atoms with Gasteiger partial charge < -0.3 is 10.6 Å². The highest BCUT2D eigenvalue weighted by molar-refractivity contribution is 5.75. The molecule has 0 spiro atoms. The molecule has 0 radical (unpaired) electrons. The van der Waals surface area contributed by atoms with Crippen molar-refractivity contribution in [2.75, 3.05) is 13.1 Å². The first-order chi connectivity index (χ1) is 8.66. The van der Waals surface area contributed by atoms with Crippen LogP contribution in [0.25, 0.3) is 0 Å². The fourth-order valence-corrected chi connectivity index (χ4v) is 2.73. The minimum Gasteiger partial charge on any atom is -0.356 e. The van der Waals surface area contributed by atoms with E-state index in [1.165, 1.54) is 25.7 Å². The van der Waals surface area contributed by atoms with Crippen molar-refractivity contribution < 1.29 is 4.79 Å². The van der Waals surface area contributed by atoms with Gasteiger partial charge in [0.15, 0.2) is 0 Å². The highest BCUT2D eigenvalue weighted by Crippen LogP contribution is 2.48. The summed E-state index contributed by atoms with van der Waals surface area (Å²) < 4.78 is 0. The number of hydrogen-bond donors (Lipinski definition) is 2. The van der Waals surface area contributed by atoms with Crippen LogP contribution in [0.3, 0.4) is 0 Å². The van der Waals surface area contributed by atoms with Gasteiger partial charge in [-0.15, -0.1) is 0 Å². The summed E-state index contributed by atoms with van der Waals surface area (Å²) in [5.74, 6) is 2.90. The molecule has 2 aliphatic carbocycles. The fourth-order valence-electron chi connectivity index (χ4n) is 2.73. The van der Waals surface area contributed by atoms with E-state index >= 15 is 0 Å². The molecule has 0 atom stereocenters. The second-order valence-electron chi connectivity index (χ2n) is 6.36. The van der Waals surface area contributed by atoms with Gasteiger partial charge in [-0.25, -0.2) is 0 Å². The molecule has 0 saturated heterocycles. The van der Waals surface area contributed by atoms with Crippen molar-refractivity contribution in [3.8, 4) is 0 Å². The number of carbonyl (C=O) groups is 1. The van der Waals surface area contributed by atoms with E-state index in [0.717, 1.165) is 37.3 Å². The zero-order valence-electron chi connectivity index (χ0n) is 11.9. The Bertz CT molecular complexity index is 258. The van der Waals surface area contributed by atoms with Gasteiger partial charge in [-0.1, -0.05) is 13.8 Å². The first kappa shape index (κ1) is 13.9. The van der Waals surface area contributed by atoms with Gasteiger partial charge in [0.05, 0.1) is 0 Å². The molecule has 0 heterocycles. The molecule has 18 heavy (non-hydrogen) atoms. The third kappa shape index (κ3) is 4.97. The van der Waals surface area contributed by atoms with Gasteiger partial charge in [0, 0.05) is 19.0 Å². The molecule has 2 rings (SSSR count). The van der Waals surface area contributed by atoms with Crippen molar-refractivity contribution in [3.63, 3.8) is 0 Å². The summed E-state index contributed by atoms with van der Waals surface area (Å²) in [4.78, 5) is 11.7. The van der Waals surface area contributed by atoms with Crippen molar-refractivity contribution in [1.29, 1.82) is 0 Å². The van der Waals surface area contributed by atoms with E-state index in [4.69, 9.17) is 0 Å². The van der Waals surface area contributed by atoms with Crippen LogP contribution in [0.1, 0.15) is 52.4 Å². The summed E-state index contributed by atoms with van der Waals surface area (Å²) in [5, 5.41) is 6.49.